The maximum atomic E-state index is 13.5. The highest BCUT2D eigenvalue weighted by atomic mass is 35.5. The zero-order valence-corrected chi connectivity index (χ0v) is 11.7. The third kappa shape index (κ3) is 2.94. The monoisotopic (exact) mass is 294 g/mol. The van der Waals surface area contributed by atoms with E-state index in [1.807, 2.05) is 12.3 Å². The predicted molar refractivity (Wildman–Crippen MR) is 77.5 cm³/mol. The molecule has 0 radical (unpaired) electrons. The Balaban J connectivity index is 1.57. The lowest BCUT2D eigenvalue weighted by atomic mass is 10.2. The predicted octanol–water partition coefficient (Wildman–Crippen LogP) is 2.57. The summed E-state index contributed by atoms with van der Waals surface area (Å²) in [5, 5.41) is 3.62. The quantitative estimate of drug-likeness (QED) is 0.911. The molecular weight excluding hydrogens is 279 g/mol. The van der Waals surface area contributed by atoms with Crippen LogP contribution in [0.5, 0.6) is 0 Å². The van der Waals surface area contributed by atoms with Crippen molar-refractivity contribution in [1.82, 2.24) is 15.3 Å². The molecule has 0 aliphatic carbocycles. The fourth-order valence-corrected chi connectivity index (χ4v) is 2.60. The number of nitrogens with one attached hydrogen (secondary N) is 2. The third-order valence-electron chi connectivity index (χ3n) is 3.57. The number of aromatic amines is 1. The molecule has 1 fully saturated rings. The number of imidazole rings is 1. The summed E-state index contributed by atoms with van der Waals surface area (Å²) in [6.45, 7) is 2.50. The second kappa shape index (κ2) is 5.81. The molecule has 1 aromatic heterocycles. The van der Waals surface area contributed by atoms with Gasteiger partial charge in [0.25, 0.3) is 0 Å². The van der Waals surface area contributed by atoms with E-state index in [1.165, 1.54) is 6.07 Å². The van der Waals surface area contributed by atoms with E-state index in [4.69, 9.17) is 11.6 Å². The smallest absolute Gasteiger partial charge is 0.143 e. The Morgan fingerprint density at radius 3 is 3.15 bits per heavy atom. The summed E-state index contributed by atoms with van der Waals surface area (Å²) in [5.74, 6) is 0.567. The minimum absolute atomic E-state index is 0.167. The van der Waals surface area contributed by atoms with Crippen molar-refractivity contribution in [2.75, 3.05) is 18.0 Å². The summed E-state index contributed by atoms with van der Waals surface area (Å²) >= 11 is 5.71. The molecule has 1 aliphatic rings. The van der Waals surface area contributed by atoms with Crippen molar-refractivity contribution in [3.63, 3.8) is 0 Å². The van der Waals surface area contributed by atoms with Gasteiger partial charge in [0.15, 0.2) is 0 Å². The number of nitrogens with zero attached hydrogens (tertiary/aromatic N) is 2. The molecular formula is C14H16ClFN4. The molecule has 1 atom stereocenters. The van der Waals surface area contributed by atoms with E-state index in [0.29, 0.717) is 6.04 Å². The largest absolute Gasteiger partial charge is 0.370 e. The maximum absolute atomic E-state index is 13.5. The lowest BCUT2D eigenvalue weighted by Crippen LogP contribution is -2.32. The van der Waals surface area contributed by atoms with Crippen LogP contribution in [-0.4, -0.2) is 29.1 Å². The van der Waals surface area contributed by atoms with Crippen LogP contribution in [0.4, 0.5) is 10.1 Å². The number of hydrogen-bond acceptors (Lipinski definition) is 3. The molecule has 2 heterocycles. The van der Waals surface area contributed by atoms with Crippen LogP contribution < -0.4 is 10.2 Å². The first kappa shape index (κ1) is 13.4. The molecule has 0 amide bonds. The van der Waals surface area contributed by atoms with Crippen molar-refractivity contribution in [2.24, 2.45) is 0 Å². The summed E-state index contributed by atoms with van der Waals surface area (Å²) in [6.07, 6.45) is 4.59. The number of benzene rings is 1. The molecule has 4 nitrogen and oxygen atoms in total. The Kier molecular flexibility index (Phi) is 3.89. The summed E-state index contributed by atoms with van der Waals surface area (Å²) in [5.41, 5.74) is 0.884. The molecule has 2 aromatic rings. The minimum Gasteiger partial charge on any atom is -0.370 e. The molecule has 0 saturated carbocycles. The molecule has 0 unspecified atom stereocenters. The Labute approximate surface area is 122 Å². The van der Waals surface area contributed by atoms with Gasteiger partial charge >= 0.3 is 0 Å². The molecule has 3 rings (SSSR count). The Bertz CT molecular complexity index is 573. The highest BCUT2D eigenvalue weighted by Gasteiger charge is 2.22. The second-order valence-electron chi connectivity index (χ2n) is 4.95. The highest BCUT2D eigenvalue weighted by Crippen LogP contribution is 2.25. The lowest BCUT2D eigenvalue weighted by Gasteiger charge is -2.19. The number of H-pyrrole nitrogens is 1. The van der Waals surface area contributed by atoms with Gasteiger partial charge < -0.3 is 15.2 Å². The van der Waals surface area contributed by atoms with Crippen LogP contribution in [-0.2, 0) is 6.54 Å². The molecule has 20 heavy (non-hydrogen) atoms. The van der Waals surface area contributed by atoms with Gasteiger partial charge in [-0.1, -0.05) is 11.6 Å². The van der Waals surface area contributed by atoms with E-state index in [0.717, 1.165) is 37.6 Å². The van der Waals surface area contributed by atoms with Crippen molar-refractivity contribution in [3.8, 4) is 0 Å². The van der Waals surface area contributed by atoms with Gasteiger partial charge in [-0.25, -0.2) is 9.37 Å². The van der Waals surface area contributed by atoms with Gasteiger partial charge in [0.1, 0.15) is 11.6 Å². The van der Waals surface area contributed by atoms with Crippen LogP contribution in [0.1, 0.15) is 12.2 Å². The van der Waals surface area contributed by atoms with Gasteiger partial charge in [0.2, 0.25) is 0 Å². The third-order valence-corrected chi connectivity index (χ3v) is 3.88. The van der Waals surface area contributed by atoms with Gasteiger partial charge in [0, 0.05) is 37.2 Å². The number of hydrogen-bond donors (Lipinski definition) is 2. The van der Waals surface area contributed by atoms with Gasteiger partial charge in [-0.05, 0) is 24.6 Å². The number of aromatic nitrogens is 2. The topological polar surface area (TPSA) is 44.0 Å². The van der Waals surface area contributed by atoms with Crippen molar-refractivity contribution < 1.29 is 4.39 Å². The lowest BCUT2D eigenvalue weighted by molar-refractivity contribution is 0.541. The van der Waals surface area contributed by atoms with E-state index < -0.39 is 0 Å². The summed E-state index contributed by atoms with van der Waals surface area (Å²) in [7, 11) is 0. The normalized spacial score (nSPS) is 18.7. The maximum Gasteiger partial charge on any atom is 0.143 e. The van der Waals surface area contributed by atoms with Crippen molar-refractivity contribution in [2.45, 2.75) is 19.0 Å². The summed E-state index contributed by atoms with van der Waals surface area (Å²) in [6, 6.07) is 5.35. The average Bonchev–Trinajstić information content (AvgIpc) is 3.10. The van der Waals surface area contributed by atoms with Crippen LogP contribution in [0.2, 0.25) is 5.02 Å². The van der Waals surface area contributed by atoms with Crippen molar-refractivity contribution in [3.05, 3.63) is 47.3 Å². The van der Waals surface area contributed by atoms with Crippen LogP contribution >= 0.6 is 11.6 Å². The van der Waals surface area contributed by atoms with E-state index in [9.17, 15) is 4.39 Å². The summed E-state index contributed by atoms with van der Waals surface area (Å²) < 4.78 is 13.5. The number of anilines is 1. The Hall–Kier alpha value is -1.59. The van der Waals surface area contributed by atoms with Gasteiger partial charge in [-0.15, -0.1) is 0 Å². The van der Waals surface area contributed by atoms with E-state index in [2.05, 4.69) is 20.2 Å². The Morgan fingerprint density at radius 2 is 2.40 bits per heavy atom. The average molecular weight is 295 g/mol. The molecule has 0 bridgehead atoms. The molecule has 6 heteroatoms. The van der Waals surface area contributed by atoms with Gasteiger partial charge in [-0.2, -0.15) is 0 Å². The fourth-order valence-electron chi connectivity index (χ4n) is 2.48. The number of halogens is 2. The molecule has 2 N–H and O–H groups in total. The minimum atomic E-state index is -0.365. The van der Waals surface area contributed by atoms with Crippen molar-refractivity contribution in [1.29, 1.82) is 0 Å². The van der Waals surface area contributed by atoms with E-state index >= 15 is 0 Å². The molecule has 1 aromatic carbocycles. The summed E-state index contributed by atoms with van der Waals surface area (Å²) in [4.78, 5) is 9.41. The molecule has 1 saturated heterocycles. The highest BCUT2D eigenvalue weighted by molar-refractivity contribution is 6.30. The van der Waals surface area contributed by atoms with Crippen LogP contribution in [0.15, 0.2) is 30.6 Å². The first-order valence-electron chi connectivity index (χ1n) is 6.64. The van der Waals surface area contributed by atoms with Crippen LogP contribution in [0, 0.1) is 5.82 Å². The molecule has 1 aliphatic heterocycles. The molecule has 106 valence electrons. The SMILES string of the molecule is Fc1cc(N2CC[C@@H](NCc3ncc[nH]3)C2)ccc1Cl. The van der Waals surface area contributed by atoms with E-state index in [-0.39, 0.29) is 10.8 Å². The van der Waals surface area contributed by atoms with E-state index in [1.54, 1.807) is 12.3 Å². The first-order valence-corrected chi connectivity index (χ1v) is 7.02. The van der Waals surface area contributed by atoms with Crippen LogP contribution in [0.25, 0.3) is 0 Å². The van der Waals surface area contributed by atoms with Crippen LogP contribution in [0.3, 0.4) is 0 Å². The zero-order chi connectivity index (χ0) is 13.9. The second-order valence-corrected chi connectivity index (χ2v) is 5.35. The first-order chi connectivity index (χ1) is 9.72. The van der Waals surface area contributed by atoms with Crippen molar-refractivity contribution >= 4 is 17.3 Å². The van der Waals surface area contributed by atoms with Gasteiger partial charge in [0.05, 0.1) is 11.6 Å². The zero-order valence-electron chi connectivity index (χ0n) is 10.9. The number of rotatable bonds is 4. The standard InChI is InChI=1S/C14H16ClFN4/c15-12-2-1-11(7-13(12)16)20-6-3-10(9-20)19-8-14-17-4-5-18-14/h1-2,4-5,7,10,19H,3,6,8-9H2,(H,17,18)/t10-/m1/s1. The Morgan fingerprint density at radius 1 is 1.50 bits per heavy atom. The fraction of sp³-hybridized carbons (Fsp3) is 0.357. The molecule has 0 spiro atoms. The van der Waals surface area contributed by atoms with Gasteiger partial charge in [-0.3, -0.25) is 0 Å².